The molecule has 0 atom stereocenters. The topological polar surface area (TPSA) is 79.4 Å². The van der Waals surface area contributed by atoms with E-state index in [-0.39, 0.29) is 12.4 Å². The van der Waals surface area contributed by atoms with Crippen molar-refractivity contribution in [1.82, 2.24) is 14.8 Å². The molecule has 22 heavy (non-hydrogen) atoms. The fraction of sp³-hybridized carbons (Fsp3) is 0.133. The first-order valence-corrected chi connectivity index (χ1v) is 6.61. The van der Waals surface area contributed by atoms with Crippen LogP contribution in [0.3, 0.4) is 0 Å². The summed E-state index contributed by atoms with van der Waals surface area (Å²) in [4.78, 5) is 11.4. The number of aryl methyl sites for hydroxylation is 1. The molecule has 4 rings (SSSR count). The summed E-state index contributed by atoms with van der Waals surface area (Å²) in [5.74, 6) is 2.08. The fourth-order valence-corrected chi connectivity index (χ4v) is 2.21. The number of hydrogen-bond acceptors (Lipinski definition) is 6. The molecule has 3 aromatic rings. The van der Waals surface area contributed by atoms with E-state index in [0.29, 0.717) is 28.8 Å². The Balaban J connectivity index is 1.72. The summed E-state index contributed by atoms with van der Waals surface area (Å²) in [5.41, 5.74) is 1.33. The van der Waals surface area contributed by atoms with Crippen molar-refractivity contribution in [1.29, 1.82) is 0 Å². The Hall–Kier alpha value is -3.09. The molecule has 0 fully saturated rings. The molecule has 1 aromatic carbocycles. The van der Waals surface area contributed by atoms with Gasteiger partial charge in [0.05, 0.1) is 5.56 Å². The summed E-state index contributed by atoms with van der Waals surface area (Å²) in [6.45, 7) is 0.214. The zero-order valence-electron chi connectivity index (χ0n) is 11.6. The molecule has 110 valence electrons. The van der Waals surface area contributed by atoms with E-state index in [2.05, 4.69) is 10.2 Å². The average molecular weight is 297 g/mol. The normalized spacial score (nSPS) is 12.6. The van der Waals surface area contributed by atoms with Gasteiger partial charge in [-0.2, -0.15) is 0 Å². The highest BCUT2D eigenvalue weighted by Crippen LogP contribution is 2.35. The van der Waals surface area contributed by atoms with Gasteiger partial charge in [0.25, 0.3) is 0 Å². The maximum atomic E-state index is 11.4. The van der Waals surface area contributed by atoms with Crippen LogP contribution in [-0.4, -0.2) is 21.6 Å². The second-order valence-corrected chi connectivity index (χ2v) is 4.85. The predicted octanol–water partition coefficient (Wildman–Crippen LogP) is 1.83. The van der Waals surface area contributed by atoms with Crippen molar-refractivity contribution in [3.8, 4) is 34.4 Å². The van der Waals surface area contributed by atoms with E-state index in [9.17, 15) is 4.79 Å². The molecule has 0 amide bonds. The van der Waals surface area contributed by atoms with Crippen LogP contribution in [0.4, 0.5) is 0 Å². The van der Waals surface area contributed by atoms with E-state index < -0.39 is 0 Å². The molecule has 0 aliphatic carbocycles. The third kappa shape index (κ3) is 2.03. The van der Waals surface area contributed by atoms with Gasteiger partial charge in [0.15, 0.2) is 11.5 Å². The van der Waals surface area contributed by atoms with Crippen molar-refractivity contribution in [2.75, 3.05) is 6.79 Å². The Labute approximate surface area is 124 Å². The number of nitrogens with zero attached hydrogens (tertiary/aromatic N) is 3. The summed E-state index contributed by atoms with van der Waals surface area (Å²) in [6.07, 6.45) is 1.65. The van der Waals surface area contributed by atoms with Crippen LogP contribution < -0.4 is 15.0 Å². The quantitative estimate of drug-likeness (QED) is 0.718. The van der Waals surface area contributed by atoms with Crippen LogP contribution in [0, 0.1) is 0 Å². The second-order valence-electron chi connectivity index (χ2n) is 4.85. The third-order valence-corrected chi connectivity index (χ3v) is 3.38. The highest BCUT2D eigenvalue weighted by molar-refractivity contribution is 5.62. The number of rotatable bonds is 2. The molecule has 0 N–H and O–H groups in total. The molecule has 0 bridgehead atoms. The third-order valence-electron chi connectivity index (χ3n) is 3.38. The van der Waals surface area contributed by atoms with E-state index in [4.69, 9.17) is 13.9 Å². The van der Waals surface area contributed by atoms with Gasteiger partial charge in [0, 0.05) is 24.9 Å². The molecule has 1 aliphatic rings. The summed E-state index contributed by atoms with van der Waals surface area (Å²) >= 11 is 0. The predicted molar refractivity (Wildman–Crippen MR) is 76.5 cm³/mol. The number of hydrogen-bond donors (Lipinski definition) is 0. The lowest BCUT2D eigenvalue weighted by atomic mass is 10.2. The van der Waals surface area contributed by atoms with Crippen molar-refractivity contribution < 1.29 is 13.9 Å². The molecule has 0 saturated carbocycles. The molecule has 7 nitrogen and oxygen atoms in total. The standard InChI is InChI=1S/C15H11N3O4/c1-18-7-10(3-5-13(18)19)15-17-16-14(22-15)9-2-4-11-12(6-9)21-8-20-11/h2-7H,8H2,1H3. The molecular weight excluding hydrogens is 286 g/mol. The van der Waals surface area contributed by atoms with Crippen LogP contribution in [0.25, 0.3) is 22.9 Å². The molecule has 1 aliphatic heterocycles. The first-order chi connectivity index (χ1) is 10.7. The van der Waals surface area contributed by atoms with Crippen molar-refractivity contribution in [3.05, 3.63) is 46.9 Å². The maximum Gasteiger partial charge on any atom is 0.250 e. The number of pyridine rings is 1. The van der Waals surface area contributed by atoms with Crippen molar-refractivity contribution >= 4 is 0 Å². The van der Waals surface area contributed by atoms with Crippen LogP contribution in [0.5, 0.6) is 11.5 Å². The lowest BCUT2D eigenvalue weighted by molar-refractivity contribution is 0.174. The number of benzene rings is 1. The zero-order chi connectivity index (χ0) is 15.1. The maximum absolute atomic E-state index is 11.4. The molecule has 0 radical (unpaired) electrons. The van der Waals surface area contributed by atoms with E-state index in [0.717, 1.165) is 5.56 Å². The summed E-state index contributed by atoms with van der Waals surface area (Å²) < 4.78 is 17.7. The molecule has 3 heterocycles. The minimum Gasteiger partial charge on any atom is -0.454 e. The molecule has 7 heteroatoms. The van der Waals surface area contributed by atoms with Crippen LogP contribution in [0.15, 0.2) is 45.7 Å². The largest absolute Gasteiger partial charge is 0.454 e. The molecule has 2 aromatic heterocycles. The van der Waals surface area contributed by atoms with Crippen LogP contribution in [0.2, 0.25) is 0 Å². The van der Waals surface area contributed by atoms with Gasteiger partial charge in [-0.3, -0.25) is 4.79 Å². The van der Waals surface area contributed by atoms with Crippen molar-refractivity contribution in [3.63, 3.8) is 0 Å². The lowest BCUT2D eigenvalue weighted by Gasteiger charge is -1.99. The molecule has 0 saturated heterocycles. The van der Waals surface area contributed by atoms with E-state index >= 15 is 0 Å². The Morgan fingerprint density at radius 2 is 1.73 bits per heavy atom. The highest BCUT2D eigenvalue weighted by Gasteiger charge is 2.17. The lowest BCUT2D eigenvalue weighted by Crippen LogP contribution is -2.13. The van der Waals surface area contributed by atoms with Gasteiger partial charge in [-0.25, -0.2) is 0 Å². The van der Waals surface area contributed by atoms with Gasteiger partial charge in [0.2, 0.25) is 24.1 Å². The van der Waals surface area contributed by atoms with Gasteiger partial charge in [-0.15, -0.1) is 10.2 Å². The van der Waals surface area contributed by atoms with Crippen LogP contribution in [-0.2, 0) is 7.05 Å². The minimum atomic E-state index is -0.0979. The SMILES string of the molecule is Cn1cc(-c2nnc(-c3ccc4c(c3)OCO4)o2)ccc1=O. The average Bonchev–Trinajstić information content (AvgIpc) is 3.17. The fourth-order valence-electron chi connectivity index (χ4n) is 2.21. The summed E-state index contributed by atoms with van der Waals surface area (Å²) in [7, 11) is 1.67. The monoisotopic (exact) mass is 297 g/mol. The Morgan fingerprint density at radius 3 is 2.55 bits per heavy atom. The second kappa shape index (κ2) is 4.73. The van der Waals surface area contributed by atoms with E-state index in [1.807, 2.05) is 6.07 Å². The number of ether oxygens (including phenoxy) is 2. The Bertz CT molecular complexity index is 913. The number of fused-ring (bicyclic) bond motifs is 1. The smallest absolute Gasteiger partial charge is 0.250 e. The Kier molecular flexibility index (Phi) is 2.72. The molecule has 0 spiro atoms. The van der Waals surface area contributed by atoms with Gasteiger partial charge < -0.3 is 18.5 Å². The van der Waals surface area contributed by atoms with Gasteiger partial charge in [-0.05, 0) is 24.3 Å². The Morgan fingerprint density at radius 1 is 1.00 bits per heavy atom. The van der Waals surface area contributed by atoms with Gasteiger partial charge in [0.1, 0.15) is 0 Å². The first kappa shape index (κ1) is 12.6. The van der Waals surface area contributed by atoms with Gasteiger partial charge in [-0.1, -0.05) is 0 Å². The highest BCUT2D eigenvalue weighted by atomic mass is 16.7. The van der Waals surface area contributed by atoms with Crippen LogP contribution in [0.1, 0.15) is 0 Å². The van der Waals surface area contributed by atoms with Crippen molar-refractivity contribution in [2.45, 2.75) is 0 Å². The van der Waals surface area contributed by atoms with Crippen LogP contribution >= 0.6 is 0 Å². The zero-order valence-corrected chi connectivity index (χ0v) is 11.6. The number of aromatic nitrogens is 3. The van der Waals surface area contributed by atoms with E-state index in [1.165, 1.54) is 10.6 Å². The summed E-state index contributed by atoms with van der Waals surface area (Å²) in [6, 6.07) is 8.53. The first-order valence-electron chi connectivity index (χ1n) is 6.61. The van der Waals surface area contributed by atoms with Crippen molar-refractivity contribution in [2.24, 2.45) is 7.05 Å². The molecule has 0 unspecified atom stereocenters. The van der Waals surface area contributed by atoms with E-state index in [1.54, 1.807) is 31.4 Å². The minimum absolute atomic E-state index is 0.0979. The van der Waals surface area contributed by atoms with Gasteiger partial charge >= 0.3 is 0 Å². The molecular formula is C15H11N3O4. The summed E-state index contributed by atoms with van der Waals surface area (Å²) in [5, 5.41) is 8.06.